The van der Waals surface area contributed by atoms with Crippen LogP contribution in [0.4, 0.5) is 17.2 Å². The predicted molar refractivity (Wildman–Crippen MR) is 131 cm³/mol. The van der Waals surface area contributed by atoms with Crippen molar-refractivity contribution in [1.82, 2.24) is 4.98 Å². The third-order valence-electron chi connectivity index (χ3n) is 4.87. The summed E-state index contributed by atoms with van der Waals surface area (Å²) in [6.45, 7) is 5.88. The van der Waals surface area contributed by atoms with E-state index < -0.39 is 25.3 Å². The molecule has 0 amide bonds. The lowest BCUT2D eigenvalue weighted by Crippen LogP contribution is -2.22. The van der Waals surface area contributed by atoms with Crippen LogP contribution in [0, 0.1) is 6.92 Å². The maximum atomic E-state index is 12.0. The smallest absolute Gasteiger partial charge is 0.235 e. The van der Waals surface area contributed by atoms with Crippen molar-refractivity contribution >= 4 is 48.1 Å². The minimum absolute atomic E-state index is 0.494. The van der Waals surface area contributed by atoms with E-state index in [-0.39, 0.29) is 0 Å². The molecule has 0 radical (unpaired) electrons. The maximum Gasteiger partial charge on any atom is 0.235 e. The van der Waals surface area contributed by atoms with Crippen LogP contribution in [0.15, 0.2) is 48.5 Å². The van der Waals surface area contributed by atoms with Crippen molar-refractivity contribution in [3.63, 3.8) is 0 Å². The highest BCUT2D eigenvalue weighted by molar-refractivity contribution is 7.93. The Morgan fingerprint density at radius 1 is 0.906 bits per heavy atom. The standard InChI is InChI=1S/C22H28N4O4S2/c1-15(2)32(29,30)26-18-7-5-17(6-8-18)11-12-23-22-13-16(3)20-14-19(25-31(4,27)28)9-10-21(20)24-22/h5-10,13-15,25-26H,11-12H2,1-4H3,(H,23,24). The van der Waals surface area contributed by atoms with Crippen molar-refractivity contribution in [3.05, 3.63) is 59.7 Å². The number of hydrogen-bond donors (Lipinski definition) is 3. The van der Waals surface area contributed by atoms with Gasteiger partial charge in [0.2, 0.25) is 20.0 Å². The Morgan fingerprint density at radius 3 is 2.19 bits per heavy atom. The number of pyridine rings is 1. The first-order valence-corrected chi connectivity index (χ1v) is 13.6. The normalized spacial score (nSPS) is 12.2. The van der Waals surface area contributed by atoms with Gasteiger partial charge in [-0.15, -0.1) is 0 Å². The molecule has 3 N–H and O–H groups in total. The lowest BCUT2D eigenvalue weighted by molar-refractivity contribution is 0.592. The molecule has 0 atom stereocenters. The highest BCUT2D eigenvalue weighted by atomic mass is 32.2. The number of nitrogens with one attached hydrogen (secondary N) is 3. The summed E-state index contributed by atoms with van der Waals surface area (Å²) in [5.41, 5.74) is 3.88. The minimum Gasteiger partial charge on any atom is -0.370 e. The number of aryl methyl sites for hydroxylation is 1. The van der Waals surface area contributed by atoms with Gasteiger partial charge in [0.05, 0.1) is 17.0 Å². The van der Waals surface area contributed by atoms with Gasteiger partial charge in [0.25, 0.3) is 0 Å². The second kappa shape index (κ2) is 9.33. The second-order valence-corrected chi connectivity index (χ2v) is 12.0. The van der Waals surface area contributed by atoms with Crippen LogP contribution in [0.2, 0.25) is 0 Å². The Balaban J connectivity index is 1.63. The Labute approximate surface area is 189 Å². The molecule has 2 aromatic carbocycles. The van der Waals surface area contributed by atoms with Crippen LogP contribution >= 0.6 is 0 Å². The number of nitrogens with zero attached hydrogens (tertiary/aromatic N) is 1. The molecule has 0 saturated heterocycles. The molecule has 3 rings (SSSR count). The summed E-state index contributed by atoms with van der Waals surface area (Å²) in [4.78, 5) is 4.61. The average molecular weight is 477 g/mol. The van der Waals surface area contributed by atoms with Crippen LogP contribution in [0.3, 0.4) is 0 Å². The fraction of sp³-hybridized carbons (Fsp3) is 0.318. The van der Waals surface area contributed by atoms with E-state index >= 15 is 0 Å². The van der Waals surface area contributed by atoms with E-state index in [0.29, 0.717) is 17.9 Å². The van der Waals surface area contributed by atoms with Gasteiger partial charge in [-0.1, -0.05) is 12.1 Å². The third kappa shape index (κ3) is 6.33. The lowest BCUT2D eigenvalue weighted by atomic mass is 10.1. The van der Waals surface area contributed by atoms with E-state index in [0.717, 1.165) is 40.5 Å². The molecule has 0 aliphatic carbocycles. The third-order valence-corrected chi connectivity index (χ3v) is 7.24. The predicted octanol–water partition coefficient (Wildman–Crippen LogP) is 3.72. The first kappa shape index (κ1) is 23.8. The van der Waals surface area contributed by atoms with Gasteiger partial charge < -0.3 is 5.32 Å². The molecular weight excluding hydrogens is 448 g/mol. The zero-order chi connectivity index (χ0) is 23.5. The van der Waals surface area contributed by atoms with Crippen LogP contribution in [-0.4, -0.2) is 39.9 Å². The number of aromatic nitrogens is 1. The van der Waals surface area contributed by atoms with Gasteiger partial charge in [-0.25, -0.2) is 21.8 Å². The van der Waals surface area contributed by atoms with Crippen LogP contribution in [0.25, 0.3) is 10.9 Å². The summed E-state index contributed by atoms with van der Waals surface area (Å²) in [6, 6.07) is 14.5. The molecule has 1 heterocycles. The lowest BCUT2D eigenvalue weighted by Gasteiger charge is -2.12. The van der Waals surface area contributed by atoms with Gasteiger partial charge in [0.15, 0.2) is 0 Å². The largest absolute Gasteiger partial charge is 0.370 e. The molecule has 0 saturated carbocycles. The molecule has 10 heteroatoms. The molecule has 0 fully saturated rings. The molecule has 0 unspecified atom stereocenters. The van der Waals surface area contributed by atoms with Gasteiger partial charge in [0.1, 0.15) is 5.82 Å². The fourth-order valence-corrected chi connectivity index (χ4v) is 4.37. The summed E-state index contributed by atoms with van der Waals surface area (Å²) in [6.07, 6.45) is 1.86. The van der Waals surface area contributed by atoms with E-state index in [4.69, 9.17) is 0 Å². The van der Waals surface area contributed by atoms with Crippen molar-refractivity contribution in [2.75, 3.05) is 27.6 Å². The quantitative estimate of drug-likeness (QED) is 0.433. The minimum atomic E-state index is -3.36. The molecule has 0 bridgehead atoms. The van der Waals surface area contributed by atoms with E-state index in [2.05, 4.69) is 19.7 Å². The molecule has 8 nitrogen and oxygen atoms in total. The first-order chi connectivity index (χ1) is 14.9. The molecule has 0 aliphatic heterocycles. The summed E-state index contributed by atoms with van der Waals surface area (Å²) in [7, 11) is -6.69. The molecule has 32 heavy (non-hydrogen) atoms. The molecule has 0 aliphatic rings. The van der Waals surface area contributed by atoms with Crippen LogP contribution < -0.4 is 14.8 Å². The maximum absolute atomic E-state index is 12.0. The van der Waals surface area contributed by atoms with Gasteiger partial charge in [-0.3, -0.25) is 9.44 Å². The number of fused-ring (bicyclic) bond motifs is 1. The Morgan fingerprint density at radius 2 is 1.56 bits per heavy atom. The van der Waals surface area contributed by atoms with E-state index in [1.807, 2.05) is 25.1 Å². The Hall–Kier alpha value is -2.85. The zero-order valence-corrected chi connectivity index (χ0v) is 20.1. The summed E-state index contributed by atoms with van der Waals surface area (Å²) in [5, 5.41) is 3.70. The molecule has 0 spiro atoms. The van der Waals surface area contributed by atoms with Crippen LogP contribution in [-0.2, 0) is 26.5 Å². The van der Waals surface area contributed by atoms with E-state index in [1.54, 1.807) is 44.2 Å². The fourth-order valence-electron chi connectivity index (χ4n) is 3.12. The number of sulfonamides is 2. The molecule has 3 aromatic rings. The van der Waals surface area contributed by atoms with Gasteiger partial charge in [-0.05, 0) is 74.7 Å². The van der Waals surface area contributed by atoms with Gasteiger partial charge in [0, 0.05) is 23.3 Å². The number of rotatable bonds is 9. The van der Waals surface area contributed by atoms with E-state index in [9.17, 15) is 16.8 Å². The second-order valence-electron chi connectivity index (χ2n) is 8.00. The topological polar surface area (TPSA) is 117 Å². The summed E-state index contributed by atoms with van der Waals surface area (Å²) < 4.78 is 51.9. The molecular formula is C22H28N4O4S2. The highest BCUT2D eigenvalue weighted by Crippen LogP contribution is 2.24. The average Bonchev–Trinajstić information content (AvgIpc) is 2.68. The zero-order valence-electron chi connectivity index (χ0n) is 18.5. The van der Waals surface area contributed by atoms with Crippen molar-refractivity contribution < 1.29 is 16.8 Å². The Kier molecular flexibility index (Phi) is 6.94. The Bertz CT molecular complexity index is 1320. The molecule has 172 valence electrons. The van der Waals surface area contributed by atoms with E-state index in [1.165, 1.54) is 0 Å². The van der Waals surface area contributed by atoms with Crippen molar-refractivity contribution in [2.24, 2.45) is 0 Å². The SMILES string of the molecule is Cc1cc(NCCc2ccc(NS(=O)(=O)C(C)C)cc2)nc2ccc(NS(C)(=O)=O)cc12. The first-order valence-electron chi connectivity index (χ1n) is 10.2. The number of hydrogen-bond acceptors (Lipinski definition) is 6. The van der Waals surface area contributed by atoms with Crippen molar-refractivity contribution in [2.45, 2.75) is 32.4 Å². The highest BCUT2D eigenvalue weighted by Gasteiger charge is 2.15. The number of benzene rings is 2. The van der Waals surface area contributed by atoms with Crippen LogP contribution in [0.5, 0.6) is 0 Å². The number of anilines is 3. The summed E-state index contributed by atoms with van der Waals surface area (Å²) in [5.74, 6) is 0.736. The summed E-state index contributed by atoms with van der Waals surface area (Å²) >= 11 is 0. The van der Waals surface area contributed by atoms with Crippen molar-refractivity contribution in [3.8, 4) is 0 Å². The molecule has 1 aromatic heterocycles. The van der Waals surface area contributed by atoms with Crippen LogP contribution in [0.1, 0.15) is 25.0 Å². The van der Waals surface area contributed by atoms with Gasteiger partial charge in [-0.2, -0.15) is 0 Å². The van der Waals surface area contributed by atoms with Gasteiger partial charge >= 0.3 is 0 Å². The van der Waals surface area contributed by atoms with Crippen molar-refractivity contribution in [1.29, 1.82) is 0 Å². The monoisotopic (exact) mass is 476 g/mol.